The maximum atomic E-state index is 10.9. The van der Waals surface area contributed by atoms with Crippen molar-refractivity contribution in [2.75, 3.05) is 5.32 Å². The smallest absolute Gasteiger partial charge is 0.352 e. The Morgan fingerprint density at radius 2 is 1.50 bits per heavy atom. The second-order valence-corrected chi connectivity index (χ2v) is 4.10. The van der Waals surface area contributed by atoms with Crippen molar-refractivity contribution < 1.29 is 34.8 Å². The van der Waals surface area contributed by atoms with E-state index in [1.54, 1.807) is 0 Å². The van der Waals surface area contributed by atoms with Crippen LogP contribution < -0.4 is 5.32 Å². The Kier molecular flexibility index (Phi) is 4.31. The number of aliphatic hydroxyl groups is 1. The van der Waals surface area contributed by atoms with Gasteiger partial charge in [-0.1, -0.05) is 12.1 Å². The van der Waals surface area contributed by atoms with Gasteiger partial charge in [-0.15, -0.1) is 0 Å². The van der Waals surface area contributed by atoms with Gasteiger partial charge in [0, 0.05) is 11.3 Å². The average Bonchev–Trinajstić information content (AvgIpc) is 2.37. The number of carboxylic acid groups (broad SMARTS) is 3. The molecule has 1 unspecified atom stereocenters. The summed E-state index contributed by atoms with van der Waals surface area (Å²) in [6.45, 7) is 1.40. The fourth-order valence-corrected chi connectivity index (χ4v) is 1.46. The summed E-state index contributed by atoms with van der Waals surface area (Å²) in [4.78, 5) is 32.4. The van der Waals surface area contributed by atoms with Crippen molar-refractivity contribution in [2.45, 2.75) is 18.6 Å². The van der Waals surface area contributed by atoms with Gasteiger partial charge in [0.2, 0.25) is 0 Å². The third-order valence-corrected chi connectivity index (χ3v) is 2.68. The van der Waals surface area contributed by atoms with E-state index in [9.17, 15) is 19.5 Å². The van der Waals surface area contributed by atoms with Crippen molar-refractivity contribution in [1.29, 1.82) is 0 Å². The van der Waals surface area contributed by atoms with Crippen LogP contribution in [0.2, 0.25) is 0 Å². The molecule has 0 radical (unpaired) electrons. The summed E-state index contributed by atoms with van der Waals surface area (Å²) in [5.74, 6) is -4.91. The lowest BCUT2D eigenvalue weighted by molar-refractivity contribution is -0.177. The number of carbonyl (C=O) groups is 3. The SMILES string of the molecule is CC(Nc1ccc(C(O)(C(=O)O)C(=O)O)cc1)C(=O)O. The Balaban J connectivity index is 3.04. The second kappa shape index (κ2) is 5.57. The lowest BCUT2D eigenvalue weighted by atomic mass is 9.94. The molecular weight excluding hydrogens is 270 g/mol. The molecule has 0 spiro atoms. The molecule has 0 saturated carbocycles. The Bertz CT molecular complexity index is 523. The van der Waals surface area contributed by atoms with E-state index >= 15 is 0 Å². The molecule has 0 amide bonds. The molecule has 0 aliphatic rings. The van der Waals surface area contributed by atoms with Gasteiger partial charge >= 0.3 is 17.9 Å². The third kappa shape index (κ3) is 2.86. The summed E-state index contributed by atoms with van der Waals surface area (Å²) < 4.78 is 0. The molecule has 1 aromatic rings. The summed E-state index contributed by atoms with van der Waals surface area (Å²) >= 11 is 0. The molecule has 0 aliphatic carbocycles. The number of anilines is 1. The summed E-state index contributed by atoms with van der Waals surface area (Å²) in [7, 11) is 0. The van der Waals surface area contributed by atoms with E-state index in [1.165, 1.54) is 19.1 Å². The molecule has 108 valence electrons. The van der Waals surface area contributed by atoms with Crippen LogP contribution in [-0.2, 0) is 20.0 Å². The molecule has 0 fully saturated rings. The monoisotopic (exact) mass is 283 g/mol. The largest absolute Gasteiger partial charge is 0.480 e. The second-order valence-electron chi connectivity index (χ2n) is 4.10. The fourth-order valence-electron chi connectivity index (χ4n) is 1.46. The van der Waals surface area contributed by atoms with Gasteiger partial charge < -0.3 is 25.7 Å². The van der Waals surface area contributed by atoms with Crippen LogP contribution in [0.1, 0.15) is 12.5 Å². The topological polar surface area (TPSA) is 144 Å². The molecule has 0 heterocycles. The van der Waals surface area contributed by atoms with Gasteiger partial charge in [-0.2, -0.15) is 0 Å². The first-order valence-electron chi connectivity index (χ1n) is 5.48. The number of rotatable bonds is 6. The molecule has 8 heteroatoms. The summed E-state index contributed by atoms with van der Waals surface area (Å²) in [6, 6.07) is 3.88. The first kappa shape index (κ1) is 15.4. The van der Waals surface area contributed by atoms with Crippen LogP contribution in [0.5, 0.6) is 0 Å². The summed E-state index contributed by atoms with van der Waals surface area (Å²) in [5.41, 5.74) is -3.04. The quantitative estimate of drug-likeness (QED) is 0.456. The molecule has 1 rings (SSSR count). The van der Waals surface area contributed by atoms with E-state index in [2.05, 4.69) is 5.32 Å². The number of carboxylic acids is 3. The van der Waals surface area contributed by atoms with Crippen molar-refractivity contribution in [3.8, 4) is 0 Å². The minimum Gasteiger partial charge on any atom is -0.480 e. The zero-order chi connectivity index (χ0) is 15.5. The minimum absolute atomic E-state index is 0.342. The zero-order valence-corrected chi connectivity index (χ0v) is 10.4. The number of hydrogen-bond donors (Lipinski definition) is 5. The van der Waals surface area contributed by atoms with Crippen LogP contribution in [0.3, 0.4) is 0 Å². The first-order chi connectivity index (χ1) is 9.19. The van der Waals surface area contributed by atoms with Gasteiger partial charge in [-0.3, -0.25) is 4.79 Å². The molecule has 5 N–H and O–H groups in total. The Hall–Kier alpha value is -2.61. The standard InChI is InChI=1S/C12H13NO7/c1-6(9(14)15)13-8-4-2-7(3-5-8)12(20,10(16)17)11(18)19/h2-6,13,20H,1H3,(H,14,15)(H,16,17)(H,18,19). The molecule has 0 aromatic heterocycles. The molecule has 1 aromatic carbocycles. The van der Waals surface area contributed by atoms with E-state index in [-0.39, 0.29) is 5.56 Å². The lowest BCUT2D eigenvalue weighted by Crippen LogP contribution is -2.43. The molecule has 8 nitrogen and oxygen atoms in total. The maximum Gasteiger partial charge on any atom is 0.352 e. The Labute approximate surface area is 113 Å². The van der Waals surface area contributed by atoms with Gasteiger partial charge in [0.05, 0.1) is 0 Å². The normalized spacial score (nSPS) is 12.5. The van der Waals surface area contributed by atoms with E-state index < -0.39 is 29.6 Å². The predicted octanol–water partition coefficient (Wildman–Crippen LogP) is -0.0716. The Morgan fingerprint density at radius 3 is 1.85 bits per heavy atom. The van der Waals surface area contributed by atoms with Crippen LogP contribution >= 0.6 is 0 Å². The van der Waals surface area contributed by atoms with E-state index in [0.717, 1.165) is 12.1 Å². The minimum atomic E-state index is -3.04. The molecular formula is C12H13NO7. The zero-order valence-electron chi connectivity index (χ0n) is 10.4. The van der Waals surface area contributed by atoms with Crippen molar-refractivity contribution in [3.63, 3.8) is 0 Å². The number of hydrogen-bond acceptors (Lipinski definition) is 5. The van der Waals surface area contributed by atoms with Gasteiger partial charge in [0.15, 0.2) is 0 Å². The van der Waals surface area contributed by atoms with E-state index in [4.69, 9.17) is 15.3 Å². The van der Waals surface area contributed by atoms with Gasteiger partial charge in [0.25, 0.3) is 5.60 Å². The van der Waals surface area contributed by atoms with Crippen LogP contribution in [0.15, 0.2) is 24.3 Å². The molecule has 0 saturated heterocycles. The summed E-state index contributed by atoms with van der Waals surface area (Å²) in [5, 5.41) is 38.6. The highest BCUT2D eigenvalue weighted by Gasteiger charge is 2.46. The van der Waals surface area contributed by atoms with Crippen molar-refractivity contribution >= 4 is 23.6 Å². The van der Waals surface area contributed by atoms with Gasteiger partial charge in [-0.25, -0.2) is 9.59 Å². The molecule has 1 atom stereocenters. The highest BCUT2D eigenvalue weighted by atomic mass is 16.4. The van der Waals surface area contributed by atoms with Crippen LogP contribution in [0.4, 0.5) is 5.69 Å². The Morgan fingerprint density at radius 1 is 1.05 bits per heavy atom. The maximum absolute atomic E-state index is 10.9. The van der Waals surface area contributed by atoms with Gasteiger partial charge in [0.1, 0.15) is 6.04 Å². The third-order valence-electron chi connectivity index (χ3n) is 2.68. The van der Waals surface area contributed by atoms with Crippen molar-refractivity contribution in [2.24, 2.45) is 0 Å². The van der Waals surface area contributed by atoms with E-state index in [1.807, 2.05) is 0 Å². The highest BCUT2D eigenvalue weighted by molar-refractivity contribution is 6.02. The van der Waals surface area contributed by atoms with Crippen molar-refractivity contribution in [3.05, 3.63) is 29.8 Å². The van der Waals surface area contributed by atoms with Crippen molar-refractivity contribution in [1.82, 2.24) is 0 Å². The fraction of sp³-hybridized carbons (Fsp3) is 0.250. The molecule has 0 bridgehead atoms. The number of nitrogens with one attached hydrogen (secondary N) is 1. The number of benzene rings is 1. The van der Waals surface area contributed by atoms with Gasteiger partial charge in [-0.05, 0) is 19.1 Å². The summed E-state index contributed by atoms with van der Waals surface area (Å²) in [6.07, 6.45) is 0. The highest BCUT2D eigenvalue weighted by Crippen LogP contribution is 2.24. The first-order valence-corrected chi connectivity index (χ1v) is 5.48. The lowest BCUT2D eigenvalue weighted by Gasteiger charge is -2.19. The molecule has 0 aliphatic heterocycles. The average molecular weight is 283 g/mol. The number of aliphatic carboxylic acids is 3. The predicted molar refractivity (Wildman–Crippen MR) is 66.3 cm³/mol. The van der Waals surface area contributed by atoms with E-state index in [0.29, 0.717) is 5.69 Å². The van der Waals surface area contributed by atoms with Crippen LogP contribution in [0, 0.1) is 0 Å². The van der Waals surface area contributed by atoms with Crippen LogP contribution in [0.25, 0.3) is 0 Å². The molecule has 20 heavy (non-hydrogen) atoms. The van der Waals surface area contributed by atoms with Crippen LogP contribution in [-0.4, -0.2) is 44.4 Å².